The molecular formula is C9H13IN4. The van der Waals surface area contributed by atoms with Gasteiger partial charge < -0.3 is 5.73 Å². The molecule has 0 unspecified atom stereocenters. The Kier molecular flexibility index (Phi) is 5.86. The molecule has 76 valence electrons. The second-order valence-corrected chi connectivity index (χ2v) is 2.56. The van der Waals surface area contributed by atoms with E-state index >= 15 is 0 Å². The van der Waals surface area contributed by atoms with Crippen LogP contribution in [0.25, 0.3) is 0 Å². The summed E-state index contributed by atoms with van der Waals surface area (Å²) in [5.74, 6) is -0.0767. The zero-order valence-corrected chi connectivity index (χ0v) is 10.2. The predicted molar refractivity (Wildman–Crippen MR) is 69.1 cm³/mol. The summed E-state index contributed by atoms with van der Waals surface area (Å²) >= 11 is 0. The maximum Gasteiger partial charge on any atom is 0.208 e. The van der Waals surface area contributed by atoms with Gasteiger partial charge in [0.1, 0.15) is 0 Å². The van der Waals surface area contributed by atoms with E-state index in [2.05, 4.69) is 5.10 Å². The van der Waals surface area contributed by atoms with Gasteiger partial charge in [0.2, 0.25) is 5.96 Å². The SMILES string of the molecule is CN(/N=C/c1ccccc1)C(=N)N.I. The van der Waals surface area contributed by atoms with Crippen molar-refractivity contribution >= 4 is 36.2 Å². The molecule has 1 aromatic rings. The van der Waals surface area contributed by atoms with Crippen LogP contribution in [-0.4, -0.2) is 24.2 Å². The summed E-state index contributed by atoms with van der Waals surface area (Å²) in [5, 5.41) is 12.3. The van der Waals surface area contributed by atoms with Crippen molar-refractivity contribution in [2.45, 2.75) is 0 Å². The van der Waals surface area contributed by atoms with Crippen LogP contribution in [-0.2, 0) is 0 Å². The summed E-state index contributed by atoms with van der Waals surface area (Å²) in [6.07, 6.45) is 1.65. The van der Waals surface area contributed by atoms with E-state index in [9.17, 15) is 0 Å². The average molecular weight is 304 g/mol. The number of nitrogens with one attached hydrogen (secondary N) is 1. The highest BCUT2D eigenvalue weighted by Crippen LogP contribution is 1.94. The van der Waals surface area contributed by atoms with E-state index < -0.39 is 0 Å². The Bertz CT molecular complexity index is 310. The van der Waals surface area contributed by atoms with E-state index in [1.165, 1.54) is 5.01 Å². The molecule has 3 N–H and O–H groups in total. The van der Waals surface area contributed by atoms with E-state index in [4.69, 9.17) is 11.1 Å². The monoisotopic (exact) mass is 304 g/mol. The third-order valence-electron chi connectivity index (χ3n) is 1.53. The smallest absolute Gasteiger partial charge is 0.208 e. The minimum absolute atomic E-state index is 0. The Morgan fingerprint density at radius 1 is 1.43 bits per heavy atom. The van der Waals surface area contributed by atoms with Gasteiger partial charge in [0.25, 0.3) is 0 Å². The van der Waals surface area contributed by atoms with Crippen LogP contribution in [0.15, 0.2) is 35.4 Å². The van der Waals surface area contributed by atoms with E-state index in [1.54, 1.807) is 13.3 Å². The maximum atomic E-state index is 7.06. The van der Waals surface area contributed by atoms with Crippen molar-refractivity contribution in [1.82, 2.24) is 5.01 Å². The fraction of sp³-hybridized carbons (Fsp3) is 0.111. The van der Waals surface area contributed by atoms with Crippen molar-refractivity contribution in [2.75, 3.05) is 7.05 Å². The van der Waals surface area contributed by atoms with E-state index in [-0.39, 0.29) is 29.9 Å². The normalized spacial score (nSPS) is 9.50. The molecule has 0 aliphatic carbocycles. The largest absolute Gasteiger partial charge is 0.369 e. The number of hydrogen-bond acceptors (Lipinski definition) is 2. The highest BCUT2D eigenvalue weighted by Gasteiger charge is 1.92. The number of rotatable bonds is 2. The molecule has 0 amide bonds. The zero-order valence-electron chi connectivity index (χ0n) is 7.84. The van der Waals surface area contributed by atoms with Crippen molar-refractivity contribution in [2.24, 2.45) is 10.8 Å². The summed E-state index contributed by atoms with van der Waals surface area (Å²) < 4.78 is 0. The van der Waals surface area contributed by atoms with Crippen molar-refractivity contribution in [3.8, 4) is 0 Å². The second-order valence-electron chi connectivity index (χ2n) is 2.56. The third kappa shape index (κ3) is 4.22. The minimum atomic E-state index is -0.0767. The molecule has 0 fully saturated rings. The fourth-order valence-electron chi connectivity index (χ4n) is 0.755. The summed E-state index contributed by atoms with van der Waals surface area (Å²) in [6.45, 7) is 0. The lowest BCUT2D eigenvalue weighted by Crippen LogP contribution is -2.28. The van der Waals surface area contributed by atoms with Crippen LogP contribution in [0, 0.1) is 5.41 Å². The number of guanidine groups is 1. The van der Waals surface area contributed by atoms with Crippen LogP contribution >= 0.6 is 24.0 Å². The summed E-state index contributed by atoms with van der Waals surface area (Å²) in [6, 6.07) is 9.64. The molecule has 0 aliphatic rings. The number of hydrogen-bond donors (Lipinski definition) is 2. The molecule has 0 spiro atoms. The topological polar surface area (TPSA) is 65.5 Å². The molecule has 0 atom stereocenters. The Hall–Kier alpha value is -1.11. The maximum absolute atomic E-state index is 7.06. The average Bonchev–Trinajstić information content (AvgIpc) is 2.15. The van der Waals surface area contributed by atoms with Crippen molar-refractivity contribution in [1.29, 1.82) is 5.41 Å². The van der Waals surface area contributed by atoms with Crippen LogP contribution < -0.4 is 5.73 Å². The lowest BCUT2D eigenvalue weighted by Gasteiger charge is -2.07. The molecular weight excluding hydrogens is 291 g/mol. The van der Waals surface area contributed by atoms with Gasteiger partial charge in [-0.25, -0.2) is 5.01 Å². The fourth-order valence-corrected chi connectivity index (χ4v) is 0.755. The first kappa shape index (κ1) is 12.9. The van der Waals surface area contributed by atoms with Crippen molar-refractivity contribution in [3.63, 3.8) is 0 Å². The molecule has 4 nitrogen and oxygen atoms in total. The third-order valence-corrected chi connectivity index (χ3v) is 1.53. The van der Waals surface area contributed by atoms with E-state index in [1.807, 2.05) is 30.3 Å². The molecule has 0 aromatic heterocycles. The predicted octanol–water partition coefficient (Wildman–Crippen LogP) is 1.46. The van der Waals surface area contributed by atoms with E-state index in [0.717, 1.165) is 5.56 Å². The number of nitrogens with two attached hydrogens (primary N) is 1. The molecule has 0 radical (unpaired) electrons. The summed E-state index contributed by atoms with van der Waals surface area (Å²) in [5.41, 5.74) is 6.18. The molecule has 0 heterocycles. The Morgan fingerprint density at radius 3 is 2.50 bits per heavy atom. The molecule has 1 aromatic carbocycles. The number of halogens is 1. The highest BCUT2D eigenvalue weighted by molar-refractivity contribution is 14.0. The first-order valence-corrected chi connectivity index (χ1v) is 3.87. The summed E-state index contributed by atoms with van der Waals surface area (Å²) in [7, 11) is 1.63. The van der Waals surface area contributed by atoms with Crippen LogP contribution in [0.3, 0.4) is 0 Å². The van der Waals surface area contributed by atoms with Gasteiger partial charge in [-0.15, -0.1) is 24.0 Å². The van der Waals surface area contributed by atoms with Gasteiger partial charge >= 0.3 is 0 Å². The van der Waals surface area contributed by atoms with Crippen molar-refractivity contribution < 1.29 is 0 Å². The lowest BCUT2D eigenvalue weighted by molar-refractivity contribution is 0.536. The zero-order chi connectivity index (χ0) is 9.68. The molecule has 0 aliphatic heterocycles. The van der Waals surface area contributed by atoms with Crippen LogP contribution in [0.1, 0.15) is 5.56 Å². The van der Waals surface area contributed by atoms with Crippen molar-refractivity contribution in [3.05, 3.63) is 35.9 Å². The van der Waals surface area contributed by atoms with Gasteiger partial charge in [-0.2, -0.15) is 5.10 Å². The van der Waals surface area contributed by atoms with Crippen LogP contribution in [0.4, 0.5) is 0 Å². The van der Waals surface area contributed by atoms with E-state index in [0.29, 0.717) is 0 Å². The second kappa shape index (κ2) is 6.36. The number of hydrazone groups is 1. The molecule has 5 heteroatoms. The first-order chi connectivity index (χ1) is 6.20. The van der Waals surface area contributed by atoms with Gasteiger partial charge in [0.15, 0.2) is 0 Å². The lowest BCUT2D eigenvalue weighted by atomic mass is 10.2. The minimum Gasteiger partial charge on any atom is -0.369 e. The number of benzene rings is 1. The Balaban J connectivity index is 0.00000169. The quantitative estimate of drug-likeness (QED) is 0.376. The molecule has 1 rings (SSSR count). The van der Waals surface area contributed by atoms with Gasteiger partial charge in [0, 0.05) is 7.05 Å². The van der Waals surface area contributed by atoms with Gasteiger partial charge in [-0.05, 0) is 5.56 Å². The van der Waals surface area contributed by atoms with Crippen LogP contribution in [0.5, 0.6) is 0 Å². The Morgan fingerprint density at radius 2 is 2.00 bits per heavy atom. The van der Waals surface area contributed by atoms with Gasteiger partial charge in [-0.1, -0.05) is 30.3 Å². The number of nitrogens with zero attached hydrogens (tertiary/aromatic N) is 2. The summed E-state index contributed by atoms with van der Waals surface area (Å²) in [4.78, 5) is 0. The molecule has 0 saturated carbocycles. The van der Waals surface area contributed by atoms with Gasteiger partial charge in [0.05, 0.1) is 6.21 Å². The van der Waals surface area contributed by atoms with Gasteiger partial charge in [-0.3, -0.25) is 5.41 Å². The molecule has 0 saturated heterocycles. The first-order valence-electron chi connectivity index (χ1n) is 3.87. The molecule has 14 heavy (non-hydrogen) atoms. The standard InChI is InChI=1S/C9H12N4.HI/c1-13(9(10)11)12-7-8-5-3-2-4-6-8;/h2-7H,1H3,(H3,10,11);1H/b12-7+;. The molecule has 0 bridgehead atoms. The highest BCUT2D eigenvalue weighted by atomic mass is 127. The van der Waals surface area contributed by atoms with Crippen LogP contribution in [0.2, 0.25) is 0 Å². The Labute approximate surface area is 100 Å².